The van der Waals surface area contributed by atoms with E-state index in [0.717, 1.165) is 37.5 Å². The SMILES string of the molecule is CC(C)Oc1cccc(C(C)NC(=O)c2ccc(N3CCN(C(C)C)CC3)cc2)c1. The maximum absolute atomic E-state index is 12.7. The lowest BCUT2D eigenvalue weighted by atomic mass is 10.1. The van der Waals surface area contributed by atoms with Crippen LogP contribution in [0.1, 0.15) is 56.6 Å². The molecule has 2 aromatic rings. The molecule has 1 atom stereocenters. The summed E-state index contributed by atoms with van der Waals surface area (Å²) in [4.78, 5) is 17.6. The maximum Gasteiger partial charge on any atom is 0.251 e. The van der Waals surface area contributed by atoms with E-state index in [2.05, 4.69) is 41.1 Å². The molecule has 1 amide bonds. The summed E-state index contributed by atoms with van der Waals surface area (Å²) in [5, 5.41) is 3.10. The van der Waals surface area contributed by atoms with E-state index in [4.69, 9.17) is 4.74 Å². The number of nitrogens with zero attached hydrogens (tertiary/aromatic N) is 2. The summed E-state index contributed by atoms with van der Waals surface area (Å²) in [7, 11) is 0. The summed E-state index contributed by atoms with van der Waals surface area (Å²) in [5.74, 6) is 0.763. The zero-order chi connectivity index (χ0) is 21.7. The molecular weight excluding hydrogens is 374 g/mol. The molecule has 1 aliphatic heterocycles. The molecule has 0 aromatic heterocycles. The minimum Gasteiger partial charge on any atom is -0.491 e. The number of rotatable bonds is 7. The van der Waals surface area contributed by atoms with Gasteiger partial charge in [0.15, 0.2) is 0 Å². The van der Waals surface area contributed by atoms with E-state index in [1.165, 1.54) is 5.69 Å². The number of benzene rings is 2. The van der Waals surface area contributed by atoms with Crippen molar-refractivity contribution in [2.75, 3.05) is 31.1 Å². The summed E-state index contributed by atoms with van der Waals surface area (Å²) < 4.78 is 5.76. The molecule has 162 valence electrons. The van der Waals surface area contributed by atoms with Crippen LogP contribution >= 0.6 is 0 Å². The lowest BCUT2D eigenvalue weighted by Gasteiger charge is -2.38. The zero-order valence-corrected chi connectivity index (χ0v) is 18.9. The third kappa shape index (κ3) is 5.76. The highest BCUT2D eigenvalue weighted by molar-refractivity contribution is 5.94. The van der Waals surface area contributed by atoms with Gasteiger partial charge in [-0.25, -0.2) is 0 Å². The number of nitrogens with one attached hydrogen (secondary N) is 1. The molecule has 1 N–H and O–H groups in total. The Kier molecular flexibility index (Phi) is 7.38. The quantitative estimate of drug-likeness (QED) is 0.732. The molecule has 0 spiro atoms. The molecule has 0 aliphatic carbocycles. The van der Waals surface area contributed by atoms with Crippen LogP contribution in [-0.4, -0.2) is 49.1 Å². The maximum atomic E-state index is 12.7. The van der Waals surface area contributed by atoms with Crippen molar-refractivity contribution in [1.82, 2.24) is 10.2 Å². The van der Waals surface area contributed by atoms with E-state index >= 15 is 0 Å². The standard InChI is InChI=1S/C25H35N3O2/c1-18(2)27-13-15-28(16-14-27)23-11-9-21(10-12-23)25(29)26-20(5)22-7-6-8-24(17-22)30-19(3)4/h6-12,17-20H,13-16H2,1-5H3,(H,26,29). The third-order valence-corrected chi connectivity index (χ3v) is 5.62. The lowest BCUT2D eigenvalue weighted by Crippen LogP contribution is -2.48. The molecule has 0 radical (unpaired) electrons. The molecule has 5 heteroatoms. The van der Waals surface area contributed by atoms with Crippen LogP contribution in [0, 0.1) is 0 Å². The molecule has 2 aromatic carbocycles. The van der Waals surface area contributed by atoms with Crippen LogP contribution in [0.4, 0.5) is 5.69 Å². The third-order valence-electron chi connectivity index (χ3n) is 5.62. The summed E-state index contributed by atoms with van der Waals surface area (Å²) in [5.41, 5.74) is 2.89. The van der Waals surface area contributed by atoms with E-state index in [-0.39, 0.29) is 18.1 Å². The van der Waals surface area contributed by atoms with Gasteiger partial charge in [0, 0.05) is 43.5 Å². The Morgan fingerprint density at radius 2 is 1.60 bits per heavy atom. The van der Waals surface area contributed by atoms with Gasteiger partial charge in [-0.1, -0.05) is 12.1 Å². The van der Waals surface area contributed by atoms with Gasteiger partial charge in [-0.3, -0.25) is 9.69 Å². The fraction of sp³-hybridized carbons (Fsp3) is 0.480. The Morgan fingerprint density at radius 1 is 0.933 bits per heavy atom. The van der Waals surface area contributed by atoms with Crippen molar-refractivity contribution in [3.63, 3.8) is 0 Å². The molecular formula is C25H35N3O2. The highest BCUT2D eigenvalue weighted by atomic mass is 16.5. The lowest BCUT2D eigenvalue weighted by molar-refractivity contribution is 0.0939. The molecule has 30 heavy (non-hydrogen) atoms. The molecule has 1 aliphatic rings. The van der Waals surface area contributed by atoms with Crippen molar-refractivity contribution in [2.24, 2.45) is 0 Å². The Hall–Kier alpha value is -2.53. The fourth-order valence-corrected chi connectivity index (χ4v) is 3.81. The number of carbonyl (C=O) groups is 1. The zero-order valence-electron chi connectivity index (χ0n) is 18.9. The topological polar surface area (TPSA) is 44.8 Å². The first kappa shape index (κ1) is 22.2. The molecule has 1 unspecified atom stereocenters. The molecule has 0 saturated carbocycles. The van der Waals surface area contributed by atoms with E-state index in [1.54, 1.807) is 0 Å². The highest BCUT2D eigenvalue weighted by Crippen LogP contribution is 2.22. The molecule has 5 nitrogen and oxygen atoms in total. The van der Waals surface area contributed by atoms with E-state index in [0.29, 0.717) is 11.6 Å². The van der Waals surface area contributed by atoms with E-state index in [1.807, 2.05) is 57.2 Å². The monoisotopic (exact) mass is 409 g/mol. The van der Waals surface area contributed by atoms with Gasteiger partial charge >= 0.3 is 0 Å². The van der Waals surface area contributed by atoms with Gasteiger partial charge in [0.25, 0.3) is 5.91 Å². The number of carbonyl (C=O) groups excluding carboxylic acids is 1. The second-order valence-corrected chi connectivity index (χ2v) is 8.60. The molecule has 0 bridgehead atoms. The van der Waals surface area contributed by atoms with Gasteiger partial charge in [-0.05, 0) is 76.6 Å². The second-order valence-electron chi connectivity index (χ2n) is 8.60. The van der Waals surface area contributed by atoms with Gasteiger partial charge < -0.3 is 15.0 Å². The molecule has 1 fully saturated rings. The normalized spacial score (nSPS) is 16.0. The predicted octanol–water partition coefficient (Wildman–Crippen LogP) is 4.50. The Labute approximate surface area is 181 Å². The van der Waals surface area contributed by atoms with Crippen molar-refractivity contribution in [3.8, 4) is 5.75 Å². The average Bonchev–Trinajstić information content (AvgIpc) is 2.73. The van der Waals surface area contributed by atoms with Crippen molar-refractivity contribution in [2.45, 2.75) is 52.8 Å². The van der Waals surface area contributed by atoms with Crippen molar-refractivity contribution < 1.29 is 9.53 Å². The first-order chi connectivity index (χ1) is 14.3. The first-order valence-corrected chi connectivity index (χ1v) is 11.0. The van der Waals surface area contributed by atoms with Crippen LogP contribution in [0.5, 0.6) is 5.75 Å². The smallest absolute Gasteiger partial charge is 0.251 e. The molecule has 1 heterocycles. The predicted molar refractivity (Wildman–Crippen MR) is 123 cm³/mol. The minimum absolute atomic E-state index is 0.0612. The summed E-state index contributed by atoms with van der Waals surface area (Å²) in [6.07, 6.45) is 0.122. The Morgan fingerprint density at radius 3 is 2.20 bits per heavy atom. The first-order valence-electron chi connectivity index (χ1n) is 11.0. The van der Waals surface area contributed by atoms with Crippen LogP contribution in [0.3, 0.4) is 0 Å². The van der Waals surface area contributed by atoms with E-state index in [9.17, 15) is 4.79 Å². The average molecular weight is 410 g/mol. The number of piperazine rings is 1. The second kappa shape index (κ2) is 9.98. The summed E-state index contributed by atoms with van der Waals surface area (Å²) in [6, 6.07) is 16.4. The molecule has 3 rings (SSSR count). The van der Waals surface area contributed by atoms with Crippen LogP contribution in [0.25, 0.3) is 0 Å². The van der Waals surface area contributed by atoms with Crippen LogP contribution in [0.2, 0.25) is 0 Å². The Bertz CT molecular complexity index is 825. The number of amides is 1. The number of anilines is 1. The van der Waals surface area contributed by atoms with Crippen molar-refractivity contribution in [3.05, 3.63) is 59.7 Å². The number of ether oxygens (including phenoxy) is 1. The fourth-order valence-electron chi connectivity index (χ4n) is 3.81. The van der Waals surface area contributed by atoms with Gasteiger partial charge in [0.2, 0.25) is 0 Å². The number of hydrogen-bond acceptors (Lipinski definition) is 4. The van der Waals surface area contributed by atoms with Crippen LogP contribution < -0.4 is 15.0 Å². The summed E-state index contributed by atoms with van der Waals surface area (Å²) >= 11 is 0. The Balaban J connectivity index is 1.58. The van der Waals surface area contributed by atoms with E-state index < -0.39 is 0 Å². The molecule has 1 saturated heterocycles. The highest BCUT2D eigenvalue weighted by Gasteiger charge is 2.19. The van der Waals surface area contributed by atoms with Crippen molar-refractivity contribution in [1.29, 1.82) is 0 Å². The van der Waals surface area contributed by atoms with Gasteiger partial charge in [0.1, 0.15) is 5.75 Å². The van der Waals surface area contributed by atoms with Crippen LogP contribution in [0.15, 0.2) is 48.5 Å². The van der Waals surface area contributed by atoms with Gasteiger partial charge in [0.05, 0.1) is 12.1 Å². The van der Waals surface area contributed by atoms with Gasteiger partial charge in [-0.2, -0.15) is 0 Å². The number of hydrogen-bond donors (Lipinski definition) is 1. The minimum atomic E-state index is -0.100. The van der Waals surface area contributed by atoms with Crippen molar-refractivity contribution >= 4 is 11.6 Å². The largest absolute Gasteiger partial charge is 0.491 e. The summed E-state index contributed by atoms with van der Waals surface area (Å²) in [6.45, 7) is 14.7. The van der Waals surface area contributed by atoms with Crippen LogP contribution in [-0.2, 0) is 0 Å². The van der Waals surface area contributed by atoms with Gasteiger partial charge in [-0.15, -0.1) is 0 Å².